The van der Waals surface area contributed by atoms with Gasteiger partial charge in [-0.05, 0) is 121 Å². The van der Waals surface area contributed by atoms with Gasteiger partial charge >= 0.3 is 63.2 Å². The number of aryl methyl sites for hydroxylation is 6. The van der Waals surface area contributed by atoms with Crippen molar-refractivity contribution in [3.05, 3.63) is 533 Å². The molecule has 0 saturated heterocycles. The van der Waals surface area contributed by atoms with Crippen LogP contribution in [-0.4, -0.2) is 49.4 Å². The summed E-state index contributed by atoms with van der Waals surface area (Å²) in [7, 11) is 0. The summed E-state index contributed by atoms with van der Waals surface area (Å²) in [5, 5.41) is 40.5. The van der Waals surface area contributed by atoms with Crippen LogP contribution in [0.5, 0.6) is 11.5 Å². The molecule has 23 rings (SSSR count). The number of hydrogen-bond donors (Lipinski definition) is 0. The molecule has 0 fully saturated rings. The van der Waals surface area contributed by atoms with Crippen LogP contribution in [-0.2, 0) is 63.2 Å². The average Bonchev–Trinajstić information content (AvgIpc) is 1.80. The van der Waals surface area contributed by atoms with Crippen molar-refractivity contribution in [2.24, 2.45) is 30.6 Å². The van der Waals surface area contributed by atoms with Crippen LogP contribution in [0.15, 0.2) is 437 Å². The molecule has 0 bridgehead atoms. The molecular formula is C121H96B2N18OPt3. The maximum atomic E-state index is 6.08. The molecule has 6 aliphatic heterocycles. The van der Waals surface area contributed by atoms with Gasteiger partial charge < -0.3 is 64.2 Å². The van der Waals surface area contributed by atoms with E-state index in [1.165, 1.54) is 44.3 Å². The number of ether oxygens (including phenoxy) is 1. The SMILES string of the molecule is CC1=NN(c2[c-]c(B(c3[c-]c(N4[CH-]N(c5ccccc5)C(c5ccccc5)=N4)ccc3)c3c(C)cc(C)cc3C)ccc2)[CH-]N1c1ccccc1.Cc1cc(C)c(B(c2[c-]c(N3[CH-]N(c4ccccc4)C(c4ccccc4)=N3)ccc2)c2[c-]c(N3[CH-]N(c4ccccc4)C(c4ccccc4)=N3)ccc2)c(C)c1.[Pt+4].[Pt+4].[Pt+4].[c-]1c(Oc2[c-]c(N3[CH-]N(c4ccccc4)C=N3)ccc2)cccc1N1[CH-]N(c2ccccc2)C=N1. The molecule has 17 aromatic rings. The molecule has 0 saturated carbocycles. The maximum Gasteiger partial charge on any atom is 4.00 e. The van der Waals surface area contributed by atoms with E-state index in [1.54, 1.807) is 22.7 Å². The summed E-state index contributed by atoms with van der Waals surface area (Å²) in [5.41, 5.74) is 28.3. The second kappa shape index (κ2) is 45.7. The van der Waals surface area contributed by atoms with Crippen molar-refractivity contribution >= 4 is 150 Å². The van der Waals surface area contributed by atoms with Gasteiger partial charge in [-0.15, -0.1) is 101 Å². The van der Waals surface area contributed by atoms with Crippen LogP contribution >= 0.6 is 0 Å². The van der Waals surface area contributed by atoms with Gasteiger partial charge in [0.05, 0.1) is 18.5 Å². The Morgan fingerprint density at radius 1 is 0.234 bits per heavy atom. The third-order valence-corrected chi connectivity index (χ3v) is 24.9. The van der Waals surface area contributed by atoms with E-state index in [2.05, 4.69) is 314 Å². The predicted molar refractivity (Wildman–Crippen MR) is 586 cm³/mol. The molecule has 6 aliphatic rings. The van der Waals surface area contributed by atoms with Crippen LogP contribution in [0, 0.1) is 118 Å². The van der Waals surface area contributed by atoms with Crippen LogP contribution < -0.4 is 97.0 Å². The van der Waals surface area contributed by atoms with Gasteiger partial charge in [0.15, 0.2) is 13.4 Å². The zero-order valence-corrected chi connectivity index (χ0v) is 87.2. The zero-order valence-electron chi connectivity index (χ0n) is 80.4. The van der Waals surface area contributed by atoms with Crippen LogP contribution in [0.2, 0.25) is 0 Å². The minimum Gasteiger partial charge on any atom is -0.509 e. The molecule has 6 heterocycles. The maximum absolute atomic E-state index is 6.08. The molecule has 0 N–H and O–H groups in total. The summed E-state index contributed by atoms with van der Waals surface area (Å²) in [6.07, 6.45) is 3.53. The molecule has 17 aromatic carbocycles. The Labute approximate surface area is 893 Å². The topological polar surface area (TPSA) is 122 Å². The van der Waals surface area contributed by atoms with E-state index in [4.69, 9.17) is 25.1 Å². The summed E-state index contributed by atoms with van der Waals surface area (Å²) in [5.74, 6) is 4.57. The molecule has 0 atom stereocenters. The fourth-order valence-electron chi connectivity index (χ4n) is 18.5. The minimum absolute atomic E-state index is 0. The largest absolute Gasteiger partial charge is 4.00 e. The Kier molecular flexibility index (Phi) is 31.4. The van der Waals surface area contributed by atoms with Gasteiger partial charge in [0.2, 0.25) is 0 Å². The minimum atomic E-state index is -0.161. The first-order chi connectivity index (χ1) is 69.7. The molecule has 0 radical (unpaired) electrons. The van der Waals surface area contributed by atoms with Crippen LogP contribution in [0.4, 0.5) is 68.2 Å². The number of amidine groups is 4. The third-order valence-electron chi connectivity index (χ3n) is 24.9. The van der Waals surface area contributed by atoms with Crippen molar-refractivity contribution < 1.29 is 67.9 Å². The fraction of sp³-hybridized carbons (Fsp3) is 0.0579. The number of hydrogen-bond acceptors (Lipinski definition) is 19. The second-order valence-electron chi connectivity index (χ2n) is 34.9. The first-order valence-electron chi connectivity index (χ1n) is 47.2. The number of hydrazone groups is 6. The second-order valence-corrected chi connectivity index (χ2v) is 34.9. The van der Waals surface area contributed by atoms with Gasteiger partial charge in [-0.2, -0.15) is 137 Å². The van der Waals surface area contributed by atoms with Crippen molar-refractivity contribution in [2.75, 3.05) is 59.5 Å². The first kappa shape index (κ1) is 99.5. The average molecular weight is 2430 g/mol. The quantitative estimate of drug-likeness (QED) is 0.0446. The van der Waals surface area contributed by atoms with E-state index in [0.717, 1.165) is 130 Å². The molecule has 712 valence electrons. The molecular weight excluding hydrogens is 2330 g/mol. The van der Waals surface area contributed by atoms with E-state index in [0.29, 0.717) is 11.5 Å². The molecule has 24 heteroatoms. The summed E-state index contributed by atoms with van der Waals surface area (Å²) in [6, 6.07) is 160. The Bertz CT molecular complexity index is 7240. The van der Waals surface area contributed by atoms with Crippen LogP contribution in [0.1, 0.15) is 57.0 Å². The van der Waals surface area contributed by atoms with Gasteiger partial charge in [0.25, 0.3) is 0 Å². The van der Waals surface area contributed by atoms with E-state index >= 15 is 0 Å². The molecule has 145 heavy (non-hydrogen) atoms. The van der Waals surface area contributed by atoms with Crippen molar-refractivity contribution in [3.8, 4) is 11.5 Å². The molecule has 19 nitrogen and oxygen atoms in total. The van der Waals surface area contributed by atoms with Crippen molar-refractivity contribution in [2.45, 2.75) is 48.5 Å². The summed E-state index contributed by atoms with van der Waals surface area (Å²) >= 11 is 0. The van der Waals surface area contributed by atoms with Crippen LogP contribution in [0.3, 0.4) is 0 Å². The number of benzene rings is 17. The van der Waals surface area contributed by atoms with Crippen LogP contribution in [0.25, 0.3) is 0 Å². The summed E-state index contributed by atoms with van der Waals surface area (Å²) < 4.78 is 6.08. The smallest absolute Gasteiger partial charge is 0.509 e. The number of para-hydroxylation sites is 6. The van der Waals surface area contributed by atoms with E-state index in [-0.39, 0.29) is 76.6 Å². The van der Waals surface area contributed by atoms with Crippen molar-refractivity contribution in [3.63, 3.8) is 0 Å². The van der Waals surface area contributed by atoms with Gasteiger partial charge in [0, 0.05) is 62.3 Å². The van der Waals surface area contributed by atoms with Gasteiger partial charge in [-0.3, -0.25) is 0 Å². The molecule has 0 aliphatic carbocycles. The number of anilines is 12. The standard InChI is InChI=1S/C49H39BN6.C44H37BN6.C28H20N6O.3Pt/c1-36-30-37(2)47(38(3)31-36)50(41-22-16-28-45(32-41)55-34-53(43-24-12-6-13-25-43)48(51-55)39-18-8-4-9-19-39)42-23-17-29-46(33-42)56-35-54(44-26-14-7-15-27-44)49(52-56)40-20-10-5-11-21-40;1-32-26-33(2)43(34(3)27-32)45(37-18-14-24-41(28-37)50-30-48(35(4)46-50)39-20-10-6-11-21-39)38-19-15-25-42(29-38)51-31-49(40-22-12-7-13-23-40)44(47-51)36-16-8-5-9-17-36;1-3-9-23(10-4-1)31-19-29-33(21-31)25-13-7-15-27(17-25)35-28-16-8-14-26(18-28)34-22-32(20-30-34)24-11-5-2-6-12-24;;;/h4-31,34-35H,1-3H3;5-27,30-31H,1-4H3;1-16,19-22H;;;/q3*-4;3*+4. The Morgan fingerprint density at radius 2 is 0.476 bits per heavy atom. The van der Waals surface area contributed by atoms with Gasteiger partial charge in [-0.1, -0.05) is 303 Å². The number of rotatable bonds is 23. The Balaban J connectivity index is 0.000000145. The molecule has 0 aromatic heterocycles. The summed E-state index contributed by atoms with van der Waals surface area (Å²) in [6.45, 7) is 26.8. The van der Waals surface area contributed by atoms with E-state index in [9.17, 15) is 0 Å². The Hall–Kier alpha value is -15.6. The summed E-state index contributed by atoms with van der Waals surface area (Å²) in [4.78, 5) is 12.4. The van der Waals surface area contributed by atoms with Gasteiger partial charge in [-0.25, -0.2) is 0 Å². The molecule has 0 unspecified atom stereocenters. The predicted octanol–water partition coefficient (Wildman–Crippen LogP) is 21.5. The number of nitrogens with zero attached hydrogens (tertiary/aromatic N) is 18. The molecule has 0 spiro atoms. The van der Waals surface area contributed by atoms with Gasteiger partial charge in [0.1, 0.15) is 17.5 Å². The van der Waals surface area contributed by atoms with E-state index < -0.39 is 0 Å². The van der Waals surface area contributed by atoms with E-state index in [1.807, 2.05) is 277 Å². The monoisotopic (exact) mass is 2420 g/mol. The normalized spacial score (nSPS) is 13.9. The third kappa shape index (κ3) is 22.4. The zero-order chi connectivity index (χ0) is 96.4. The fourth-order valence-corrected chi connectivity index (χ4v) is 18.5. The van der Waals surface area contributed by atoms with Crippen molar-refractivity contribution in [1.29, 1.82) is 0 Å². The van der Waals surface area contributed by atoms with Crippen molar-refractivity contribution in [1.82, 2.24) is 0 Å². The first-order valence-corrected chi connectivity index (χ1v) is 47.2. The molecule has 0 amide bonds. The Morgan fingerprint density at radius 3 is 0.766 bits per heavy atom.